The van der Waals surface area contributed by atoms with E-state index in [1.807, 2.05) is 32.0 Å². The van der Waals surface area contributed by atoms with Gasteiger partial charge in [0.2, 0.25) is 0 Å². The van der Waals surface area contributed by atoms with Gasteiger partial charge in [-0.05, 0) is 75.9 Å². The van der Waals surface area contributed by atoms with Crippen LogP contribution in [0.2, 0.25) is 0 Å². The maximum absolute atomic E-state index is 14.9. The number of hydrogen-bond acceptors (Lipinski definition) is 3. The smallest absolute Gasteiger partial charge is 0.307 e. The Kier molecular flexibility index (Phi) is 7.88. The van der Waals surface area contributed by atoms with Crippen LogP contribution in [0, 0.1) is 25.5 Å². The minimum absolute atomic E-state index is 0.0571. The first-order chi connectivity index (χ1) is 14.0. The normalized spacial score (nSPS) is 13.7. The van der Waals surface area contributed by atoms with Crippen LogP contribution in [0.15, 0.2) is 30.3 Å². The van der Waals surface area contributed by atoms with Crippen LogP contribution in [0.4, 0.5) is 8.78 Å². The van der Waals surface area contributed by atoms with Gasteiger partial charge in [0.15, 0.2) is 11.6 Å². The molecule has 4 nitrogen and oxygen atoms in total. The minimum atomic E-state index is -1.61. The predicted molar refractivity (Wildman–Crippen MR) is 116 cm³/mol. The van der Waals surface area contributed by atoms with Crippen LogP contribution in [0.25, 0.3) is 11.1 Å². The van der Waals surface area contributed by atoms with E-state index in [-0.39, 0.29) is 18.6 Å². The molecule has 0 saturated carbocycles. The molecule has 1 N–H and O–H groups in total. The predicted octanol–water partition coefficient (Wildman–Crippen LogP) is 5.29. The average Bonchev–Trinajstić information content (AvgIpc) is 2.63. The summed E-state index contributed by atoms with van der Waals surface area (Å²) >= 11 is 0. The number of hydrogen-bond donors (Lipinski definition) is 1. The van der Waals surface area contributed by atoms with Crippen LogP contribution < -0.4 is 4.72 Å². The first kappa shape index (κ1) is 24.2. The fourth-order valence-corrected chi connectivity index (χ4v) is 4.01. The molecule has 0 amide bonds. The zero-order valence-corrected chi connectivity index (χ0v) is 19.1. The Hall–Kier alpha value is -2.12. The first-order valence-electron chi connectivity index (χ1n) is 9.84. The van der Waals surface area contributed by atoms with Crippen molar-refractivity contribution in [1.82, 2.24) is 4.72 Å². The monoisotopic (exact) mass is 437 g/mol. The number of halogens is 2. The highest BCUT2D eigenvalue weighted by Crippen LogP contribution is 2.33. The zero-order valence-electron chi connectivity index (χ0n) is 18.3. The Morgan fingerprint density at radius 1 is 1.17 bits per heavy atom. The van der Waals surface area contributed by atoms with E-state index in [4.69, 9.17) is 4.74 Å². The molecule has 1 unspecified atom stereocenters. The molecule has 164 valence electrons. The Labute approximate surface area is 179 Å². The van der Waals surface area contributed by atoms with Gasteiger partial charge in [-0.1, -0.05) is 18.2 Å². The van der Waals surface area contributed by atoms with Crippen molar-refractivity contribution in [1.29, 1.82) is 0 Å². The third-order valence-electron chi connectivity index (χ3n) is 4.68. The van der Waals surface area contributed by atoms with E-state index in [2.05, 4.69) is 4.72 Å². The van der Waals surface area contributed by atoms with Crippen molar-refractivity contribution < 1.29 is 22.5 Å². The van der Waals surface area contributed by atoms with E-state index in [0.717, 1.165) is 22.8 Å². The second-order valence-electron chi connectivity index (χ2n) is 8.19. The SMILES string of the molecule is CCOC(=O)C[C@H](NS(=O)C(C)(C)C)c1cc(-c2c(C)cccc2C)cc(F)c1F. The molecule has 0 radical (unpaired) electrons. The maximum Gasteiger partial charge on any atom is 0.307 e. The highest BCUT2D eigenvalue weighted by Gasteiger charge is 2.29. The third-order valence-corrected chi connectivity index (χ3v) is 6.29. The molecule has 0 aliphatic heterocycles. The number of carbonyl (C=O) groups excluding carboxylic acids is 1. The molecule has 2 atom stereocenters. The van der Waals surface area contributed by atoms with Gasteiger partial charge in [-0.15, -0.1) is 0 Å². The van der Waals surface area contributed by atoms with Crippen LogP contribution in [-0.4, -0.2) is 21.5 Å². The number of esters is 1. The highest BCUT2D eigenvalue weighted by molar-refractivity contribution is 7.84. The summed E-state index contributed by atoms with van der Waals surface area (Å²) in [7, 11) is -1.61. The fraction of sp³-hybridized carbons (Fsp3) is 0.435. The summed E-state index contributed by atoms with van der Waals surface area (Å²) in [6, 6.07) is 7.34. The van der Waals surface area contributed by atoms with E-state index >= 15 is 0 Å². The minimum Gasteiger partial charge on any atom is -0.466 e. The van der Waals surface area contributed by atoms with E-state index in [1.54, 1.807) is 27.7 Å². The average molecular weight is 438 g/mol. The van der Waals surface area contributed by atoms with Crippen molar-refractivity contribution in [2.75, 3.05) is 6.61 Å². The Morgan fingerprint density at radius 2 is 1.77 bits per heavy atom. The van der Waals surface area contributed by atoms with E-state index in [1.165, 1.54) is 6.07 Å². The molecule has 0 bridgehead atoms. The lowest BCUT2D eigenvalue weighted by atomic mass is 9.92. The topological polar surface area (TPSA) is 55.4 Å². The Bertz CT molecular complexity index is 934. The van der Waals surface area contributed by atoms with Gasteiger partial charge in [-0.3, -0.25) is 4.79 Å². The molecule has 0 aliphatic carbocycles. The molecule has 2 aromatic rings. The first-order valence-corrected chi connectivity index (χ1v) is 11.0. The van der Waals surface area contributed by atoms with Gasteiger partial charge in [0.1, 0.15) is 0 Å². The van der Waals surface area contributed by atoms with E-state index in [0.29, 0.717) is 5.56 Å². The highest BCUT2D eigenvalue weighted by atomic mass is 32.2. The Balaban J connectivity index is 2.60. The molecule has 0 fully saturated rings. The molecule has 0 heterocycles. The lowest BCUT2D eigenvalue weighted by molar-refractivity contribution is -0.143. The molecule has 0 aromatic heterocycles. The molecule has 2 aromatic carbocycles. The van der Waals surface area contributed by atoms with Crippen molar-refractivity contribution in [3.63, 3.8) is 0 Å². The molecule has 0 spiro atoms. The molecule has 0 saturated heterocycles. The molecule has 7 heteroatoms. The van der Waals surface area contributed by atoms with Gasteiger partial charge >= 0.3 is 5.97 Å². The molecular formula is C23H29F2NO3S. The van der Waals surface area contributed by atoms with Crippen molar-refractivity contribution >= 4 is 17.0 Å². The number of aryl methyl sites for hydroxylation is 2. The van der Waals surface area contributed by atoms with E-state index < -0.39 is 39.4 Å². The van der Waals surface area contributed by atoms with Gasteiger partial charge in [0, 0.05) is 5.56 Å². The quantitative estimate of drug-likeness (QED) is 0.599. The number of carbonyl (C=O) groups is 1. The van der Waals surface area contributed by atoms with Crippen molar-refractivity contribution in [3.05, 3.63) is 58.7 Å². The van der Waals surface area contributed by atoms with Crippen molar-refractivity contribution in [2.24, 2.45) is 0 Å². The van der Waals surface area contributed by atoms with Crippen LogP contribution in [0.5, 0.6) is 0 Å². The summed E-state index contributed by atoms with van der Waals surface area (Å²) in [5.41, 5.74) is 3.07. The summed E-state index contributed by atoms with van der Waals surface area (Å²) in [6.07, 6.45) is -0.276. The maximum atomic E-state index is 14.9. The number of rotatable bonds is 7. The van der Waals surface area contributed by atoms with Crippen LogP contribution in [0.3, 0.4) is 0 Å². The van der Waals surface area contributed by atoms with Gasteiger partial charge < -0.3 is 4.74 Å². The van der Waals surface area contributed by atoms with Crippen molar-refractivity contribution in [3.8, 4) is 11.1 Å². The molecule has 2 rings (SSSR count). The van der Waals surface area contributed by atoms with Gasteiger partial charge in [-0.2, -0.15) is 0 Å². The van der Waals surface area contributed by atoms with E-state index in [9.17, 15) is 17.8 Å². The molecular weight excluding hydrogens is 408 g/mol. The largest absolute Gasteiger partial charge is 0.466 e. The van der Waals surface area contributed by atoms with Crippen LogP contribution in [0.1, 0.15) is 56.8 Å². The van der Waals surface area contributed by atoms with Gasteiger partial charge in [-0.25, -0.2) is 17.7 Å². The fourth-order valence-electron chi connectivity index (χ4n) is 3.19. The van der Waals surface area contributed by atoms with Gasteiger partial charge in [0.05, 0.1) is 34.8 Å². The second kappa shape index (κ2) is 9.79. The van der Waals surface area contributed by atoms with Crippen LogP contribution >= 0.6 is 0 Å². The summed E-state index contributed by atoms with van der Waals surface area (Å²) in [4.78, 5) is 12.1. The van der Waals surface area contributed by atoms with Gasteiger partial charge in [0.25, 0.3) is 0 Å². The summed E-state index contributed by atoms with van der Waals surface area (Å²) in [5.74, 6) is -2.68. The lowest BCUT2D eigenvalue weighted by Gasteiger charge is -2.25. The van der Waals surface area contributed by atoms with Crippen LogP contribution in [-0.2, 0) is 20.5 Å². The number of benzene rings is 2. The second-order valence-corrected chi connectivity index (χ2v) is 10.2. The molecule has 0 aliphatic rings. The number of ether oxygens (including phenoxy) is 1. The Morgan fingerprint density at radius 3 is 2.30 bits per heavy atom. The summed E-state index contributed by atoms with van der Waals surface area (Å²) in [5, 5.41) is 0. The van der Waals surface area contributed by atoms with Crippen molar-refractivity contribution in [2.45, 2.75) is 58.8 Å². The standard InChI is InChI=1S/C23H29F2NO3S/c1-7-29-20(27)13-19(26-30(28)23(4,5)6)17-11-16(12-18(24)22(17)25)21-14(2)9-8-10-15(21)3/h8-12,19,26H,7,13H2,1-6H3/t19-,30?/m0/s1. The summed E-state index contributed by atoms with van der Waals surface area (Å²) in [6.45, 7) is 10.9. The lowest BCUT2D eigenvalue weighted by Crippen LogP contribution is -2.37. The molecule has 30 heavy (non-hydrogen) atoms. The third kappa shape index (κ3) is 5.73. The zero-order chi connectivity index (χ0) is 22.6. The number of nitrogens with one attached hydrogen (secondary N) is 1. The summed E-state index contributed by atoms with van der Waals surface area (Å²) < 4.78 is 49.3.